The number of hydrogen-bond acceptors (Lipinski definition) is 7. The number of imidazole rings is 1. The van der Waals surface area contributed by atoms with E-state index in [2.05, 4.69) is 4.98 Å². The van der Waals surface area contributed by atoms with Gasteiger partial charge in [-0.1, -0.05) is 48.2 Å². The fraction of sp³-hybridized carbons (Fsp3) is 0.238. The molecule has 0 aliphatic carbocycles. The molecule has 1 fully saturated rings. The molecule has 1 N–H and O–H groups in total. The topological polar surface area (TPSA) is 119 Å². The van der Waals surface area contributed by atoms with E-state index in [0.717, 1.165) is 27.5 Å². The third kappa shape index (κ3) is 4.26. The molecule has 1 aliphatic heterocycles. The number of carboxylic acid groups (broad SMARTS) is 1. The minimum Gasteiger partial charge on any atom is -0.481 e. The molecular weight excluding hydrogens is 466 g/mol. The number of thiocarbonyl (C=S) groups is 1. The maximum absolute atomic E-state index is 12.6. The molecule has 170 valence electrons. The lowest BCUT2D eigenvalue weighted by molar-refractivity contribution is -0.137. The average Bonchev–Trinajstić information content (AvgIpc) is 3.31. The molecule has 12 heteroatoms. The Bertz CT molecular complexity index is 1450. The summed E-state index contributed by atoms with van der Waals surface area (Å²) in [5, 5.41) is 8.84. The first-order valence-electron chi connectivity index (χ1n) is 9.84. The maximum atomic E-state index is 12.6. The van der Waals surface area contributed by atoms with Crippen molar-refractivity contribution in [2.45, 2.75) is 13.0 Å². The van der Waals surface area contributed by atoms with Crippen LogP contribution in [-0.4, -0.2) is 51.4 Å². The van der Waals surface area contributed by atoms with E-state index >= 15 is 0 Å². The molecule has 10 nitrogen and oxygen atoms in total. The van der Waals surface area contributed by atoms with Crippen LogP contribution < -0.4 is 11.2 Å². The van der Waals surface area contributed by atoms with Crippen molar-refractivity contribution in [3.05, 3.63) is 67.5 Å². The highest BCUT2D eigenvalue weighted by Crippen LogP contribution is 2.32. The first-order chi connectivity index (χ1) is 15.7. The van der Waals surface area contributed by atoms with E-state index < -0.39 is 17.2 Å². The molecule has 0 spiro atoms. The average molecular weight is 486 g/mol. The molecule has 0 bridgehead atoms. The van der Waals surface area contributed by atoms with Crippen LogP contribution in [0.15, 0.2) is 45.1 Å². The lowest BCUT2D eigenvalue weighted by Crippen LogP contribution is -2.37. The van der Waals surface area contributed by atoms with Crippen molar-refractivity contribution in [3.63, 3.8) is 0 Å². The number of aromatic nitrogens is 4. The second kappa shape index (κ2) is 8.79. The van der Waals surface area contributed by atoms with Gasteiger partial charge in [-0.05, 0) is 17.2 Å². The summed E-state index contributed by atoms with van der Waals surface area (Å²) in [6, 6.07) is 7.42. The highest BCUT2D eigenvalue weighted by molar-refractivity contribution is 8.26. The number of carbonyl (C=O) groups is 2. The largest absolute Gasteiger partial charge is 0.481 e. The fourth-order valence-electron chi connectivity index (χ4n) is 3.48. The van der Waals surface area contributed by atoms with E-state index in [4.69, 9.17) is 17.3 Å². The maximum Gasteiger partial charge on any atom is 0.332 e. The van der Waals surface area contributed by atoms with Gasteiger partial charge >= 0.3 is 11.7 Å². The smallest absolute Gasteiger partial charge is 0.332 e. The van der Waals surface area contributed by atoms with Gasteiger partial charge in [0.05, 0.1) is 17.7 Å². The van der Waals surface area contributed by atoms with Crippen LogP contribution in [0.3, 0.4) is 0 Å². The Labute approximate surface area is 196 Å². The van der Waals surface area contributed by atoms with E-state index in [1.54, 1.807) is 17.7 Å². The third-order valence-electron chi connectivity index (χ3n) is 5.27. The van der Waals surface area contributed by atoms with Crippen molar-refractivity contribution < 1.29 is 14.7 Å². The van der Waals surface area contributed by atoms with Crippen LogP contribution in [0.5, 0.6) is 0 Å². The summed E-state index contributed by atoms with van der Waals surface area (Å²) in [6.45, 7) is 0.418. The monoisotopic (exact) mass is 485 g/mol. The minimum atomic E-state index is -0.991. The Kier molecular flexibility index (Phi) is 6.04. The highest BCUT2D eigenvalue weighted by Gasteiger charge is 2.32. The molecule has 3 aromatic rings. The number of carbonyl (C=O) groups excluding carboxylic acids is 1. The number of aryl methyl sites for hydroxylation is 1. The zero-order valence-corrected chi connectivity index (χ0v) is 19.4. The Morgan fingerprint density at radius 3 is 2.52 bits per heavy atom. The number of rotatable bonds is 6. The van der Waals surface area contributed by atoms with Crippen molar-refractivity contribution in [2.24, 2.45) is 14.1 Å². The number of nitrogens with zero attached hydrogens (tertiary/aromatic N) is 5. The van der Waals surface area contributed by atoms with Gasteiger partial charge in [0.2, 0.25) is 0 Å². The molecule has 0 atom stereocenters. The predicted octanol–water partition coefficient (Wildman–Crippen LogP) is 1.16. The van der Waals surface area contributed by atoms with Crippen LogP contribution in [0.2, 0.25) is 0 Å². The van der Waals surface area contributed by atoms with E-state index in [-0.39, 0.29) is 18.9 Å². The molecule has 1 amide bonds. The molecule has 1 saturated heterocycles. The van der Waals surface area contributed by atoms with Gasteiger partial charge in [-0.15, -0.1) is 0 Å². The second-order valence-electron chi connectivity index (χ2n) is 7.47. The van der Waals surface area contributed by atoms with Crippen LogP contribution in [-0.2, 0) is 30.2 Å². The van der Waals surface area contributed by atoms with Crippen molar-refractivity contribution in [1.82, 2.24) is 23.6 Å². The van der Waals surface area contributed by atoms with Gasteiger partial charge in [-0.25, -0.2) is 9.78 Å². The first kappa shape index (κ1) is 22.7. The third-order valence-corrected chi connectivity index (χ3v) is 6.65. The van der Waals surface area contributed by atoms with Crippen molar-refractivity contribution >= 4 is 57.4 Å². The van der Waals surface area contributed by atoms with Gasteiger partial charge in [0.25, 0.3) is 11.5 Å². The molecule has 0 unspecified atom stereocenters. The van der Waals surface area contributed by atoms with Gasteiger partial charge in [-0.3, -0.25) is 28.4 Å². The number of hydrogen-bond donors (Lipinski definition) is 1. The number of carboxylic acids is 1. The van der Waals surface area contributed by atoms with Crippen LogP contribution in [0.4, 0.5) is 0 Å². The quantitative estimate of drug-likeness (QED) is 0.408. The van der Waals surface area contributed by atoms with E-state index in [0.29, 0.717) is 26.9 Å². The number of thioether (sulfide) groups is 1. The number of amides is 1. The van der Waals surface area contributed by atoms with Gasteiger partial charge in [-0.2, -0.15) is 0 Å². The minimum absolute atomic E-state index is 0.0419. The number of fused-ring (bicyclic) bond motifs is 1. The molecular formula is C21H19N5O5S2. The molecule has 4 rings (SSSR count). The Hall–Kier alpha value is -3.51. The van der Waals surface area contributed by atoms with Crippen LogP contribution >= 0.6 is 24.0 Å². The summed E-state index contributed by atoms with van der Waals surface area (Å²) in [4.78, 5) is 54.0. The Morgan fingerprint density at radius 1 is 1.15 bits per heavy atom. The molecule has 3 heterocycles. The summed E-state index contributed by atoms with van der Waals surface area (Å²) in [5.74, 6) is -1.30. The van der Waals surface area contributed by atoms with E-state index in [1.807, 2.05) is 24.3 Å². The number of aliphatic carboxylic acids is 1. The zero-order chi connectivity index (χ0) is 23.9. The summed E-state index contributed by atoms with van der Waals surface area (Å²) in [7, 11) is 3.00. The summed E-state index contributed by atoms with van der Waals surface area (Å²) < 4.78 is 4.42. The summed E-state index contributed by atoms with van der Waals surface area (Å²) in [5.41, 5.74) is 1.50. The van der Waals surface area contributed by atoms with Crippen LogP contribution in [0, 0.1) is 0 Å². The molecule has 0 saturated carbocycles. The SMILES string of the molecule is Cn1c(=O)c2c(ncn2Cc2ccc(/C=C3\SC(=S)N(CCC(=O)O)C3=O)cc2)n(C)c1=O. The molecule has 33 heavy (non-hydrogen) atoms. The summed E-state index contributed by atoms with van der Waals surface area (Å²) >= 11 is 6.34. The summed E-state index contributed by atoms with van der Waals surface area (Å²) in [6.07, 6.45) is 3.07. The molecule has 1 aliphatic rings. The number of benzene rings is 1. The lowest BCUT2D eigenvalue weighted by atomic mass is 10.1. The van der Waals surface area contributed by atoms with Crippen molar-refractivity contribution in [3.8, 4) is 0 Å². The van der Waals surface area contributed by atoms with E-state index in [1.165, 1.54) is 22.8 Å². The zero-order valence-electron chi connectivity index (χ0n) is 17.7. The van der Waals surface area contributed by atoms with Crippen molar-refractivity contribution in [1.29, 1.82) is 0 Å². The first-order valence-corrected chi connectivity index (χ1v) is 11.1. The molecule has 1 aromatic carbocycles. The van der Waals surface area contributed by atoms with Crippen molar-refractivity contribution in [2.75, 3.05) is 6.54 Å². The highest BCUT2D eigenvalue weighted by atomic mass is 32.2. The predicted molar refractivity (Wildman–Crippen MR) is 128 cm³/mol. The Balaban J connectivity index is 1.55. The standard InChI is InChI=1S/C21H19N5O5S2/c1-23-17-16(19(30)24(2)20(23)31)25(11-22-17)10-13-5-3-12(4-6-13)9-14-18(29)26(21(32)33-14)8-7-15(27)28/h3-6,9,11H,7-8,10H2,1-2H3,(H,27,28)/b14-9-. The van der Waals surface area contributed by atoms with Gasteiger partial charge in [0, 0.05) is 27.2 Å². The lowest BCUT2D eigenvalue weighted by Gasteiger charge is -2.12. The molecule has 2 aromatic heterocycles. The van der Waals surface area contributed by atoms with Gasteiger partial charge in [0.1, 0.15) is 4.32 Å². The normalized spacial score (nSPS) is 15.2. The molecule has 0 radical (unpaired) electrons. The Morgan fingerprint density at radius 2 is 1.85 bits per heavy atom. The van der Waals surface area contributed by atoms with E-state index in [9.17, 15) is 19.2 Å². The second-order valence-corrected chi connectivity index (χ2v) is 9.14. The van der Waals surface area contributed by atoms with Crippen LogP contribution in [0.25, 0.3) is 17.2 Å². The van der Waals surface area contributed by atoms with Crippen LogP contribution in [0.1, 0.15) is 17.5 Å². The van der Waals surface area contributed by atoms with Gasteiger partial charge < -0.3 is 9.67 Å². The fourth-order valence-corrected chi connectivity index (χ4v) is 4.79. The van der Waals surface area contributed by atoms with Gasteiger partial charge in [0.15, 0.2) is 11.2 Å².